The van der Waals surface area contributed by atoms with E-state index in [2.05, 4.69) is 9.97 Å². The topological polar surface area (TPSA) is 52.1 Å². The Labute approximate surface area is 138 Å². The molecule has 0 aliphatic carbocycles. The van der Waals surface area contributed by atoms with Crippen molar-refractivity contribution < 1.29 is 9.53 Å². The molecule has 0 saturated heterocycles. The fraction of sp³-hybridized carbons (Fsp3) is 0.167. The van der Waals surface area contributed by atoms with Gasteiger partial charge >= 0.3 is 0 Å². The number of Topliss-reactive ketones (excluding diaryl/α,β-unsaturated/α-hetero) is 1. The van der Waals surface area contributed by atoms with Gasteiger partial charge in [-0.25, -0.2) is 9.97 Å². The molecule has 1 heterocycles. The second-order valence-electron chi connectivity index (χ2n) is 5.01. The maximum atomic E-state index is 12.5. The third kappa shape index (κ3) is 3.35. The van der Waals surface area contributed by atoms with Crippen LogP contribution in [0, 0.1) is 6.92 Å². The van der Waals surface area contributed by atoms with Gasteiger partial charge in [-0.05, 0) is 25.1 Å². The van der Waals surface area contributed by atoms with Gasteiger partial charge in [0.25, 0.3) is 0 Å². The van der Waals surface area contributed by atoms with E-state index in [1.807, 2.05) is 43.3 Å². The number of carbonyl (C=O) groups is 1. The van der Waals surface area contributed by atoms with E-state index < -0.39 is 0 Å². The number of carbonyl (C=O) groups excluding carboxylic acids is 1. The van der Waals surface area contributed by atoms with Gasteiger partial charge in [0, 0.05) is 5.39 Å². The Hall–Kier alpha value is -2.40. The van der Waals surface area contributed by atoms with Crippen molar-refractivity contribution in [2.45, 2.75) is 11.9 Å². The van der Waals surface area contributed by atoms with Crippen LogP contribution in [0.5, 0.6) is 5.75 Å². The molecule has 0 unspecified atom stereocenters. The molecule has 0 bridgehead atoms. The van der Waals surface area contributed by atoms with Crippen LogP contribution < -0.4 is 4.74 Å². The van der Waals surface area contributed by atoms with Gasteiger partial charge in [0.15, 0.2) is 5.78 Å². The van der Waals surface area contributed by atoms with E-state index in [1.54, 1.807) is 19.2 Å². The molecule has 0 amide bonds. The van der Waals surface area contributed by atoms with E-state index in [0.717, 1.165) is 15.9 Å². The first-order chi connectivity index (χ1) is 11.2. The molecule has 0 atom stereocenters. The quantitative estimate of drug-likeness (QED) is 0.404. The Morgan fingerprint density at radius 3 is 2.65 bits per heavy atom. The van der Waals surface area contributed by atoms with Crippen molar-refractivity contribution in [1.82, 2.24) is 9.97 Å². The highest BCUT2D eigenvalue weighted by Crippen LogP contribution is 2.27. The Balaban J connectivity index is 1.85. The minimum absolute atomic E-state index is 0.0211. The van der Waals surface area contributed by atoms with Gasteiger partial charge in [-0.2, -0.15) is 0 Å². The van der Waals surface area contributed by atoms with Crippen molar-refractivity contribution in [2.75, 3.05) is 12.9 Å². The van der Waals surface area contributed by atoms with Gasteiger partial charge in [-0.3, -0.25) is 4.79 Å². The number of ketones is 1. The first kappa shape index (κ1) is 15.5. The molecule has 0 saturated carbocycles. The maximum Gasteiger partial charge on any atom is 0.176 e. The van der Waals surface area contributed by atoms with Gasteiger partial charge in [0.05, 0.1) is 23.9 Å². The largest absolute Gasteiger partial charge is 0.496 e. The van der Waals surface area contributed by atoms with Crippen LogP contribution in [0.15, 0.2) is 53.6 Å². The zero-order valence-corrected chi connectivity index (χ0v) is 13.8. The summed E-state index contributed by atoms with van der Waals surface area (Å²) in [5.74, 6) is 1.63. The summed E-state index contributed by atoms with van der Waals surface area (Å²) in [6.45, 7) is 1.86. The fourth-order valence-corrected chi connectivity index (χ4v) is 3.30. The maximum absolute atomic E-state index is 12.5. The van der Waals surface area contributed by atoms with Gasteiger partial charge in [-0.1, -0.05) is 42.1 Å². The summed E-state index contributed by atoms with van der Waals surface area (Å²) in [6.07, 6.45) is 0. The number of hydrogen-bond donors (Lipinski definition) is 0. The predicted molar refractivity (Wildman–Crippen MR) is 92.3 cm³/mol. The minimum atomic E-state index is 0.0211. The summed E-state index contributed by atoms with van der Waals surface area (Å²) in [6, 6.07) is 15.1. The Kier molecular flexibility index (Phi) is 4.57. The summed E-state index contributed by atoms with van der Waals surface area (Å²) in [7, 11) is 1.57. The smallest absolute Gasteiger partial charge is 0.176 e. The second-order valence-corrected chi connectivity index (χ2v) is 5.97. The zero-order valence-electron chi connectivity index (χ0n) is 12.9. The summed E-state index contributed by atoms with van der Waals surface area (Å²) in [5, 5.41) is 1.80. The molecule has 0 N–H and O–H groups in total. The highest BCUT2D eigenvalue weighted by Gasteiger charge is 2.14. The molecule has 1 aromatic heterocycles. The zero-order chi connectivity index (χ0) is 16.2. The van der Waals surface area contributed by atoms with E-state index in [0.29, 0.717) is 22.9 Å². The molecule has 0 aliphatic rings. The number of hydrogen-bond acceptors (Lipinski definition) is 5. The minimum Gasteiger partial charge on any atom is -0.496 e. The molecule has 0 fully saturated rings. The lowest BCUT2D eigenvalue weighted by atomic mass is 10.1. The molecule has 116 valence electrons. The molecular formula is C18H16N2O2S. The predicted octanol–water partition coefficient (Wildman–Crippen LogP) is 3.92. The molecule has 4 nitrogen and oxygen atoms in total. The van der Waals surface area contributed by atoms with Crippen molar-refractivity contribution in [3.8, 4) is 5.75 Å². The lowest BCUT2D eigenvalue weighted by molar-refractivity contribution is 0.101. The molecular weight excluding hydrogens is 308 g/mol. The van der Waals surface area contributed by atoms with Crippen LogP contribution in [0.25, 0.3) is 10.9 Å². The van der Waals surface area contributed by atoms with Crippen LogP contribution in [-0.4, -0.2) is 28.6 Å². The van der Waals surface area contributed by atoms with Crippen LogP contribution in [0.4, 0.5) is 0 Å². The van der Waals surface area contributed by atoms with E-state index in [4.69, 9.17) is 4.74 Å². The molecule has 5 heteroatoms. The number of aryl methyl sites for hydroxylation is 1. The van der Waals surface area contributed by atoms with Crippen molar-refractivity contribution in [1.29, 1.82) is 0 Å². The number of benzene rings is 2. The van der Waals surface area contributed by atoms with E-state index in [9.17, 15) is 4.79 Å². The summed E-state index contributed by atoms with van der Waals surface area (Å²) >= 11 is 1.43. The standard InChI is InChI=1S/C18H16N2O2S/c1-12-19-15-9-5-3-7-13(15)18(20-12)23-11-16(21)14-8-4-6-10-17(14)22-2/h3-10H,11H2,1-2H3. The molecule has 0 spiro atoms. The summed E-state index contributed by atoms with van der Waals surface area (Å²) < 4.78 is 5.25. The number of nitrogens with zero attached hydrogens (tertiary/aromatic N) is 2. The van der Waals surface area contributed by atoms with E-state index in [-0.39, 0.29) is 5.78 Å². The lowest BCUT2D eigenvalue weighted by Crippen LogP contribution is -2.05. The average Bonchev–Trinajstić information content (AvgIpc) is 2.59. The fourth-order valence-electron chi connectivity index (χ4n) is 2.36. The van der Waals surface area contributed by atoms with Crippen molar-refractivity contribution in [3.63, 3.8) is 0 Å². The van der Waals surface area contributed by atoms with E-state index >= 15 is 0 Å². The molecule has 23 heavy (non-hydrogen) atoms. The molecule has 3 rings (SSSR count). The number of thioether (sulfide) groups is 1. The monoisotopic (exact) mass is 324 g/mol. The summed E-state index contributed by atoms with van der Waals surface area (Å²) in [4.78, 5) is 21.4. The molecule has 2 aromatic carbocycles. The highest BCUT2D eigenvalue weighted by molar-refractivity contribution is 8.00. The van der Waals surface area contributed by atoms with Crippen LogP contribution in [0.2, 0.25) is 0 Å². The van der Waals surface area contributed by atoms with Gasteiger partial charge < -0.3 is 4.74 Å². The molecule has 0 radical (unpaired) electrons. The van der Waals surface area contributed by atoms with Crippen molar-refractivity contribution in [3.05, 3.63) is 59.9 Å². The third-order valence-corrected chi connectivity index (χ3v) is 4.42. The van der Waals surface area contributed by atoms with Crippen LogP contribution in [0.3, 0.4) is 0 Å². The van der Waals surface area contributed by atoms with Crippen molar-refractivity contribution in [2.24, 2.45) is 0 Å². The highest BCUT2D eigenvalue weighted by atomic mass is 32.2. The number of para-hydroxylation sites is 2. The normalized spacial score (nSPS) is 10.7. The number of aromatic nitrogens is 2. The van der Waals surface area contributed by atoms with Crippen molar-refractivity contribution >= 4 is 28.4 Å². The first-order valence-electron chi connectivity index (χ1n) is 7.21. The Morgan fingerprint density at radius 1 is 1.09 bits per heavy atom. The van der Waals surface area contributed by atoms with Crippen LogP contribution in [0.1, 0.15) is 16.2 Å². The Bertz CT molecular complexity index is 865. The van der Waals surface area contributed by atoms with Gasteiger partial charge in [-0.15, -0.1) is 0 Å². The second kappa shape index (κ2) is 6.79. The number of rotatable bonds is 5. The number of ether oxygens (including phenoxy) is 1. The number of methoxy groups -OCH3 is 1. The van der Waals surface area contributed by atoms with Gasteiger partial charge in [0.1, 0.15) is 16.6 Å². The molecule has 3 aromatic rings. The first-order valence-corrected chi connectivity index (χ1v) is 8.20. The lowest BCUT2D eigenvalue weighted by Gasteiger charge is -2.08. The third-order valence-electron chi connectivity index (χ3n) is 3.43. The van der Waals surface area contributed by atoms with Gasteiger partial charge in [0.2, 0.25) is 0 Å². The average molecular weight is 324 g/mol. The van der Waals surface area contributed by atoms with E-state index in [1.165, 1.54) is 11.8 Å². The van der Waals surface area contributed by atoms with Crippen LogP contribution >= 0.6 is 11.8 Å². The van der Waals surface area contributed by atoms with Crippen LogP contribution in [-0.2, 0) is 0 Å². The Morgan fingerprint density at radius 2 is 1.83 bits per heavy atom. The number of fused-ring (bicyclic) bond motifs is 1. The summed E-state index contributed by atoms with van der Waals surface area (Å²) in [5.41, 5.74) is 1.49. The SMILES string of the molecule is COc1ccccc1C(=O)CSc1nc(C)nc2ccccc12. The molecule has 0 aliphatic heterocycles.